The number of amides is 1. The Morgan fingerprint density at radius 2 is 1.97 bits per heavy atom. The van der Waals surface area contributed by atoms with Crippen molar-refractivity contribution < 1.29 is 9.53 Å². The molecular formula is C24H28N4O2S. The predicted molar refractivity (Wildman–Crippen MR) is 123 cm³/mol. The topological polar surface area (TPSA) is 67.4 Å². The Kier molecular flexibility index (Phi) is 5.63. The molecule has 31 heavy (non-hydrogen) atoms. The number of carbonyl (C=O) groups is 1. The summed E-state index contributed by atoms with van der Waals surface area (Å²) in [5, 5.41) is 4.34. The SMILES string of the molecule is CC(=O)N1C2CCC1CC(NCCc1ccc(Oc3nc4ncc(C)cc4s3)cc1)C2. The van der Waals surface area contributed by atoms with E-state index in [0.717, 1.165) is 60.3 Å². The van der Waals surface area contributed by atoms with Crippen LogP contribution in [-0.2, 0) is 11.2 Å². The maximum absolute atomic E-state index is 11.9. The lowest BCUT2D eigenvalue weighted by Gasteiger charge is -2.38. The number of piperidine rings is 1. The molecule has 1 N–H and O–H groups in total. The average molecular weight is 437 g/mol. The number of nitrogens with zero attached hydrogens (tertiary/aromatic N) is 3. The molecule has 5 rings (SSSR count). The van der Waals surface area contributed by atoms with Gasteiger partial charge in [-0.2, -0.15) is 4.98 Å². The molecule has 162 valence electrons. The van der Waals surface area contributed by atoms with Crippen molar-refractivity contribution in [2.75, 3.05) is 6.54 Å². The summed E-state index contributed by atoms with van der Waals surface area (Å²) in [6.07, 6.45) is 7.29. The van der Waals surface area contributed by atoms with E-state index in [1.165, 1.54) is 16.9 Å². The van der Waals surface area contributed by atoms with Crippen LogP contribution in [-0.4, -0.2) is 45.4 Å². The molecule has 1 amide bonds. The maximum atomic E-state index is 11.9. The van der Waals surface area contributed by atoms with Crippen molar-refractivity contribution in [3.63, 3.8) is 0 Å². The molecule has 2 aliphatic heterocycles. The average Bonchev–Trinajstić information content (AvgIpc) is 3.26. The summed E-state index contributed by atoms with van der Waals surface area (Å²) in [5.74, 6) is 1.03. The van der Waals surface area contributed by atoms with E-state index in [9.17, 15) is 4.79 Å². The molecule has 2 aromatic heterocycles. The third-order valence-electron chi connectivity index (χ3n) is 6.44. The Morgan fingerprint density at radius 1 is 1.23 bits per heavy atom. The molecule has 7 heteroatoms. The number of rotatable bonds is 6. The standard InChI is InChI=1S/C24H28N4O2S/c1-15-11-22-23(26-14-15)27-24(31-22)30-21-7-3-17(4-8-21)9-10-25-18-12-19-5-6-20(13-18)28(19)16(2)29/h3-4,7-8,11,14,18-20,25H,5-6,9-10,12-13H2,1-2H3. The Balaban J connectivity index is 1.12. The molecule has 0 aliphatic carbocycles. The van der Waals surface area contributed by atoms with Crippen LogP contribution in [0.1, 0.15) is 43.7 Å². The first-order chi connectivity index (χ1) is 15.0. The number of fused-ring (bicyclic) bond motifs is 3. The second-order valence-electron chi connectivity index (χ2n) is 8.74. The van der Waals surface area contributed by atoms with Crippen LogP contribution in [0.15, 0.2) is 36.5 Å². The fourth-order valence-corrected chi connectivity index (χ4v) is 5.94. The van der Waals surface area contributed by atoms with E-state index in [1.807, 2.05) is 25.3 Å². The van der Waals surface area contributed by atoms with Gasteiger partial charge in [0.25, 0.3) is 5.19 Å². The van der Waals surface area contributed by atoms with Gasteiger partial charge in [0.2, 0.25) is 5.91 Å². The molecule has 3 aromatic rings. The molecule has 1 aromatic carbocycles. The van der Waals surface area contributed by atoms with E-state index in [-0.39, 0.29) is 5.91 Å². The molecule has 2 bridgehead atoms. The van der Waals surface area contributed by atoms with Crippen LogP contribution in [0.5, 0.6) is 10.9 Å². The van der Waals surface area contributed by atoms with E-state index in [0.29, 0.717) is 23.3 Å². The number of pyridine rings is 1. The summed E-state index contributed by atoms with van der Waals surface area (Å²) in [6, 6.07) is 11.7. The first-order valence-corrected chi connectivity index (χ1v) is 11.9. The van der Waals surface area contributed by atoms with Gasteiger partial charge in [-0.25, -0.2) is 4.98 Å². The minimum absolute atomic E-state index is 0.241. The van der Waals surface area contributed by atoms with Crippen molar-refractivity contribution >= 4 is 27.6 Å². The van der Waals surface area contributed by atoms with Crippen molar-refractivity contribution in [2.45, 2.75) is 64.1 Å². The Bertz CT molecular complexity index is 1070. The lowest BCUT2D eigenvalue weighted by atomic mass is 9.97. The van der Waals surface area contributed by atoms with E-state index >= 15 is 0 Å². The van der Waals surface area contributed by atoms with Crippen molar-refractivity contribution in [2.24, 2.45) is 0 Å². The number of hydrogen-bond donors (Lipinski definition) is 1. The highest BCUT2D eigenvalue weighted by Crippen LogP contribution is 2.35. The second-order valence-corrected chi connectivity index (χ2v) is 9.74. The van der Waals surface area contributed by atoms with Crippen LogP contribution in [0.2, 0.25) is 0 Å². The van der Waals surface area contributed by atoms with Gasteiger partial charge in [-0.15, -0.1) is 0 Å². The zero-order valence-corrected chi connectivity index (χ0v) is 18.8. The van der Waals surface area contributed by atoms with Gasteiger partial charge in [0.15, 0.2) is 5.65 Å². The lowest BCUT2D eigenvalue weighted by molar-refractivity contribution is -0.133. The second kappa shape index (κ2) is 8.55. The molecule has 2 atom stereocenters. The monoisotopic (exact) mass is 436 g/mol. The first kappa shape index (κ1) is 20.4. The molecular weight excluding hydrogens is 408 g/mol. The highest BCUT2D eigenvalue weighted by Gasteiger charge is 2.41. The van der Waals surface area contributed by atoms with E-state index in [1.54, 1.807) is 6.92 Å². The first-order valence-electron chi connectivity index (χ1n) is 11.1. The number of thiazole rings is 1. The normalized spacial score (nSPS) is 22.8. The molecule has 2 fully saturated rings. The fourth-order valence-electron chi connectivity index (χ4n) is 5.04. The predicted octanol–water partition coefficient (Wildman–Crippen LogP) is 4.47. The number of nitrogens with one attached hydrogen (secondary N) is 1. The third kappa shape index (κ3) is 4.43. The molecule has 0 saturated carbocycles. The quantitative estimate of drug-likeness (QED) is 0.618. The lowest BCUT2D eigenvalue weighted by Crippen LogP contribution is -2.51. The molecule has 0 spiro atoms. The highest BCUT2D eigenvalue weighted by molar-refractivity contribution is 7.20. The fraction of sp³-hybridized carbons (Fsp3) is 0.458. The van der Waals surface area contributed by atoms with E-state index < -0.39 is 0 Å². The number of aryl methyl sites for hydroxylation is 1. The number of hydrogen-bond acceptors (Lipinski definition) is 6. The van der Waals surface area contributed by atoms with Crippen LogP contribution in [0.3, 0.4) is 0 Å². The summed E-state index contributed by atoms with van der Waals surface area (Å²) < 4.78 is 6.98. The Morgan fingerprint density at radius 3 is 2.68 bits per heavy atom. The summed E-state index contributed by atoms with van der Waals surface area (Å²) >= 11 is 1.52. The smallest absolute Gasteiger partial charge is 0.281 e. The summed E-state index contributed by atoms with van der Waals surface area (Å²) in [7, 11) is 0. The summed E-state index contributed by atoms with van der Waals surface area (Å²) in [4.78, 5) is 22.8. The largest absolute Gasteiger partial charge is 0.431 e. The Labute approximate surface area is 186 Å². The number of carbonyl (C=O) groups excluding carboxylic acids is 1. The van der Waals surface area contributed by atoms with Gasteiger partial charge in [0, 0.05) is 31.2 Å². The maximum Gasteiger partial charge on any atom is 0.281 e. The van der Waals surface area contributed by atoms with Gasteiger partial charge in [-0.05, 0) is 74.9 Å². The van der Waals surface area contributed by atoms with Crippen LogP contribution >= 0.6 is 11.3 Å². The molecule has 0 radical (unpaired) electrons. The summed E-state index contributed by atoms with van der Waals surface area (Å²) in [5.41, 5.74) is 3.14. The van der Waals surface area contributed by atoms with Crippen molar-refractivity contribution in [1.82, 2.24) is 20.2 Å². The van der Waals surface area contributed by atoms with Crippen molar-refractivity contribution in [3.8, 4) is 10.9 Å². The van der Waals surface area contributed by atoms with E-state index in [2.05, 4.69) is 38.4 Å². The molecule has 4 heterocycles. The minimum atomic E-state index is 0.241. The molecule has 2 saturated heterocycles. The molecule has 6 nitrogen and oxygen atoms in total. The number of benzene rings is 1. The number of aromatic nitrogens is 2. The number of ether oxygens (including phenoxy) is 1. The Hall–Kier alpha value is -2.51. The third-order valence-corrected chi connectivity index (χ3v) is 7.31. The van der Waals surface area contributed by atoms with Crippen molar-refractivity contribution in [3.05, 3.63) is 47.7 Å². The zero-order chi connectivity index (χ0) is 21.4. The van der Waals surface area contributed by atoms with E-state index in [4.69, 9.17) is 4.74 Å². The van der Waals surface area contributed by atoms with Crippen LogP contribution in [0.25, 0.3) is 10.3 Å². The minimum Gasteiger partial charge on any atom is -0.431 e. The van der Waals surface area contributed by atoms with Crippen LogP contribution in [0, 0.1) is 6.92 Å². The van der Waals surface area contributed by atoms with Gasteiger partial charge in [0.05, 0.1) is 4.70 Å². The molecule has 2 unspecified atom stereocenters. The van der Waals surface area contributed by atoms with Crippen LogP contribution < -0.4 is 10.1 Å². The van der Waals surface area contributed by atoms with Gasteiger partial charge in [0.1, 0.15) is 5.75 Å². The van der Waals surface area contributed by atoms with Gasteiger partial charge < -0.3 is 15.0 Å². The van der Waals surface area contributed by atoms with Crippen LogP contribution in [0.4, 0.5) is 0 Å². The molecule has 2 aliphatic rings. The highest BCUT2D eigenvalue weighted by atomic mass is 32.1. The van der Waals surface area contributed by atoms with Crippen molar-refractivity contribution in [1.29, 1.82) is 0 Å². The van der Waals surface area contributed by atoms with Gasteiger partial charge in [-0.3, -0.25) is 4.79 Å². The van der Waals surface area contributed by atoms with Gasteiger partial charge in [-0.1, -0.05) is 23.5 Å². The zero-order valence-electron chi connectivity index (χ0n) is 18.0. The summed E-state index contributed by atoms with van der Waals surface area (Å²) in [6.45, 7) is 4.69. The van der Waals surface area contributed by atoms with Gasteiger partial charge >= 0.3 is 0 Å².